The molecule has 1 aromatic carbocycles. The van der Waals surface area contributed by atoms with Crippen molar-refractivity contribution in [2.75, 3.05) is 6.54 Å². The summed E-state index contributed by atoms with van der Waals surface area (Å²) in [5, 5.41) is 11.5. The van der Waals surface area contributed by atoms with Gasteiger partial charge in [0.25, 0.3) is 0 Å². The van der Waals surface area contributed by atoms with Gasteiger partial charge in [0.15, 0.2) is 0 Å². The molecule has 1 amide bonds. The van der Waals surface area contributed by atoms with Crippen LogP contribution in [0, 0.1) is 12.8 Å². The smallest absolute Gasteiger partial charge is 0.308 e. The number of carbonyl (C=O) groups is 2. The maximum absolute atomic E-state index is 11.6. The summed E-state index contributed by atoms with van der Waals surface area (Å²) in [7, 11) is 0. The Hall–Kier alpha value is -2.10. The summed E-state index contributed by atoms with van der Waals surface area (Å²) in [4.78, 5) is 22.4. The highest BCUT2D eigenvalue weighted by molar-refractivity contribution is 5.92. The molecule has 19 heavy (non-hydrogen) atoms. The van der Waals surface area contributed by atoms with Crippen LogP contribution in [0.15, 0.2) is 30.3 Å². The Balaban J connectivity index is 2.52. The van der Waals surface area contributed by atoms with Crippen molar-refractivity contribution in [3.05, 3.63) is 41.5 Å². The molecule has 0 radical (unpaired) electrons. The molecule has 102 valence electrons. The van der Waals surface area contributed by atoms with Crippen LogP contribution in [-0.4, -0.2) is 23.5 Å². The SMILES string of the molecule is CCC(CNC(=O)C=Cc1ccccc1C)C(=O)O. The number of carbonyl (C=O) groups excluding carboxylic acids is 1. The minimum atomic E-state index is -0.884. The van der Waals surface area contributed by atoms with E-state index in [0.29, 0.717) is 6.42 Å². The first-order valence-corrected chi connectivity index (χ1v) is 6.29. The predicted molar refractivity (Wildman–Crippen MR) is 74.6 cm³/mol. The van der Waals surface area contributed by atoms with Crippen LogP contribution >= 0.6 is 0 Å². The quantitative estimate of drug-likeness (QED) is 0.772. The van der Waals surface area contributed by atoms with Gasteiger partial charge in [-0.05, 0) is 30.5 Å². The largest absolute Gasteiger partial charge is 0.481 e. The molecule has 0 heterocycles. The molecule has 4 heteroatoms. The summed E-state index contributed by atoms with van der Waals surface area (Å²) >= 11 is 0. The Morgan fingerprint density at radius 2 is 2.05 bits per heavy atom. The van der Waals surface area contributed by atoms with Crippen molar-refractivity contribution in [1.82, 2.24) is 5.32 Å². The highest BCUT2D eigenvalue weighted by atomic mass is 16.4. The standard InChI is InChI=1S/C15H19NO3/c1-3-12(15(18)19)10-16-14(17)9-8-13-7-5-4-6-11(13)2/h4-9,12H,3,10H2,1-2H3,(H,16,17)(H,18,19). The first-order chi connectivity index (χ1) is 9.04. The van der Waals surface area contributed by atoms with E-state index in [1.165, 1.54) is 6.08 Å². The van der Waals surface area contributed by atoms with Crippen molar-refractivity contribution in [1.29, 1.82) is 0 Å². The third kappa shape index (κ3) is 4.95. The second kappa shape index (κ2) is 7.36. The Bertz CT molecular complexity index is 480. The van der Waals surface area contributed by atoms with Crippen LogP contribution in [-0.2, 0) is 9.59 Å². The Kier molecular flexibility index (Phi) is 5.79. The molecule has 1 unspecified atom stereocenters. The molecule has 0 aliphatic rings. The number of aliphatic carboxylic acids is 1. The number of rotatable bonds is 6. The zero-order chi connectivity index (χ0) is 14.3. The first kappa shape index (κ1) is 15.0. The van der Waals surface area contributed by atoms with E-state index in [2.05, 4.69) is 5.32 Å². The van der Waals surface area contributed by atoms with E-state index < -0.39 is 11.9 Å². The fourth-order valence-corrected chi connectivity index (χ4v) is 1.63. The molecule has 0 saturated heterocycles. The van der Waals surface area contributed by atoms with Gasteiger partial charge in [-0.1, -0.05) is 31.2 Å². The van der Waals surface area contributed by atoms with Gasteiger partial charge in [0.1, 0.15) is 0 Å². The van der Waals surface area contributed by atoms with Crippen molar-refractivity contribution in [2.24, 2.45) is 5.92 Å². The Morgan fingerprint density at radius 1 is 1.37 bits per heavy atom. The average molecular weight is 261 g/mol. The zero-order valence-corrected chi connectivity index (χ0v) is 11.2. The number of amides is 1. The molecule has 0 aliphatic heterocycles. The topological polar surface area (TPSA) is 66.4 Å². The minimum absolute atomic E-state index is 0.156. The molecule has 1 aromatic rings. The van der Waals surface area contributed by atoms with Gasteiger partial charge in [-0.15, -0.1) is 0 Å². The Morgan fingerprint density at radius 3 is 2.63 bits per heavy atom. The second-order valence-corrected chi connectivity index (χ2v) is 4.38. The average Bonchev–Trinajstić information content (AvgIpc) is 2.38. The van der Waals surface area contributed by atoms with Crippen LogP contribution < -0.4 is 5.32 Å². The van der Waals surface area contributed by atoms with Crippen molar-refractivity contribution in [2.45, 2.75) is 20.3 Å². The van der Waals surface area contributed by atoms with Gasteiger partial charge >= 0.3 is 5.97 Å². The van der Waals surface area contributed by atoms with Crippen LogP contribution in [0.1, 0.15) is 24.5 Å². The van der Waals surface area contributed by atoms with Gasteiger partial charge in [0.05, 0.1) is 5.92 Å². The lowest BCUT2D eigenvalue weighted by Crippen LogP contribution is -2.31. The number of benzene rings is 1. The minimum Gasteiger partial charge on any atom is -0.481 e. The van der Waals surface area contributed by atoms with Crippen molar-refractivity contribution >= 4 is 18.0 Å². The van der Waals surface area contributed by atoms with Crippen molar-refractivity contribution < 1.29 is 14.7 Å². The van der Waals surface area contributed by atoms with Crippen LogP contribution in [0.4, 0.5) is 0 Å². The summed E-state index contributed by atoms with van der Waals surface area (Å²) in [6.45, 7) is 3.91. The zero-order valence-electron chi connectivity index (χ0n) is 11.2. The molecule has 2 N–H and O–H groups in total. The highest BCUT2D eigenvalue weighted by Gasteiger charge is 2.14. The highest BCUT2D eigenvalue weighted by Crippen LogP contribution is 2.08. The number of carboxylic acids is 1. The maximum atomic E-state index is 11.6. The number of carboxylic acid groups (broad SMARTS) is 1. The summed E-state index contributed by atoms with van der Waals surface area (Å²) in [5.74, 6) is -1.69. The predicted octanol–water partition coefficient (Wildman–Crippen LogP) is 2.24. The Labute approximate surface area is 113 Å². The lowest BCUT2D eigenvalue weighted by atomic mass is 10.1. The van der Waals surface area contributed by atoms with Crippen molar-refractivity contribution in [3.8, 4) is 0 Å². The third-order valence-electron chi connectivity index (χ3n) is 2.97. The van der Waals surface area contributed by atoms with Gasteiger partial charge in [0.2, 0.25) is 5.91 Å². The van der Waals surface area contributed by atoms with E-state index in [9.17, 15) is 9.59 Å². The van der Waals surface area contributed by atoms with Crippen molar-refractivity contribution in [3.63, 3.8) is 0 Å². The van der Waals surface area contributed by atoms with Gasteiger partial charge in [0, 0.05) is 12.6 Å². The lowest BCUT2D eigenvalue weighted by Gasteiger charge is -2.09. The van der Waals surface area contributed by atoms with Crippen LogP contribution in [0.2, 0.25) is 0 Å². The van der Waals surface area contributed by atoms with Gasteiger partial charge in [-0.25, -0.2) is 0 Å². The number of nitrogens with one attached hydrogen (secondary N) is 1. The molecule has 1 rings (SSSR count). The molecule has 0 aromatic heterocycles. The maximum Gasteiger partial charge on any atom is 0.308 e. The lowest BCUT2D eigenvalue weighted by molar-refractivity contribution is -0.141. The van der Waals surface area contributed by atoms with Crippen LogP contribution in [0.3, 0.4) is 0 Å². The van der Waals surface area contributed by atoms with Gasteiger partial charge < -0.3 is 10.4 Å². The van der Waals surface area contributed by atoms with E-state index >= 15 is 0 Å². The fraction of sp³-hybridized carbons (Fsp3) is 0.333. The summed E-state index contributed by atoms with van der Waals surface area (Å²) in [6, 6.07) is 7.73. The molecule has 0 aliphatic carbocycles. The molecule has 4 nitrogen and oxygen atoms in total. The molecule has 0 fully saturated rings. The fourth-order valence-electron chi connectivity index (χ4n) is 1.63. The van der Waals surface area contributed by atoms with E-state index in [-0.39, 0.29) is 12.5 Å². The van der Waals surface area contributed by atoms with E-state index in [0.717, 1.165) is 11.1 Å². The van der Waals surface area contributed by atoms with Crippen LogP contribution in [0.25, 0.3) is 6.08 Å². The van der Waals surface area contributed by atoms with Crippen LogP contribution in [0.5, 0.6) is 0 Å². The third-order valence-corrected chi connectivity index (χ3v) is 2.97. The molecule has 0 saturated carbocycles. The normalized spacial score (nSPS) is 12.3. The summed E-state index contributed by atoms with van der Waals surface area (Å²) in [5.41, 5.74) is 2.06. The van der Waals surface area contributed by atoms with Gasteiger partial charge in [-0.3, -0.25) is 9.59 Å². The van der Waals surface area contributed by atoms with E-state index in [1.54, 1.807) is 13.0 Å². The van der Waals surface area contributed by atoms with E-state index in [4.69, 9.17) is 5.11 Å². The molecule has 0 spiro atoms. The molecular weight excluding hydrogens is 242 g/mol. The summed E-state index contributed by atoms with van der Waals surface area (Å²) in [6.07, 6.45) is 3.65. The van der Waals surface area contributed by atoms with E-state index in [1.807, 2.05) is 31.2 Å². The molecule has 1 atom stereocenters. The number of hydrogen-bond donors (Lipinski definition) is 2. The monoisotopic (exact) mass is 261 g/mol. The second-order valence-electron chi connectivity index (χ2n) is 4.38. The number of hydrogen-bond acceptors (Lipinski definition) is 2. The number of aryl methyl sites for hydroxylation is 1. The summed E-state index contributed by atoms with van der Waals surface area (Å²) < 4.78 is 0. The van der Waals surface area contributed by atoms with Gasteiger partial charge in [-0.2, -0.15) is 0 Å². The molecular formula is C15H19NO3. The first-order valence-electron chi connectivity index (χ1n) is 6.29. The molecule has 0 bridgehead atoms.